The Balaban J connectivity index is 1.74. The molecule has 1 heterocycles. The van der Waals surface area contributed by atoms with Crippen molar-refractivity contribution in [3.05, 3.63) is 102 Å². The second-order valence-electron chi connectivity index (χ2n) is 9.22. The molecule has 0 aromatic heterocycles. The second-order valence-corrected chi connectivity index (χ2v) is 12.0. The van der Waals surface area contributed by atoms with Crippen LogP contribution in [0.4, 0.5) is 0 Å². The third-order valence-corrected chi connectivity index (χ3v) is 9.20. The summed E-state index contributed by atoms with van der Waals surface area (Å²) in [5, 5.41) is 0. The molecule has 31 heavy (non-hydrogen) atoms. The molecule has 4 heteroatoms. The van der Waals surface area contributed by atoms with Crippen molar-refractivity contribution < 1.29 is 9.31 Å². The first kappa shape index (κ1) is 22.4. The predicted octanol–water partition coefficient (Wildman–Crippen LogP) is 5.46. The van der Waals surface area contributed by atoms with Crippen molar-refractivity contribution in [1.82, 2.24) is 0 Å². The summed E-state index contributed by atoms with van der Waals surface area (Å²) in [4.78, 5) is 0.398. The fourth-order valence-corrected chi connectivity index (χ4v) is 6.90. The summed E-state index contributed by atoms with van der Waals surface area (Å²) < 4.78 is 14.7. The first-order valence-electron chi connectivity index (χ1n) is 11.0. The molecule has 0 unspecified atom stereocenters. The van der Waals surface area contributed by atoms with Crippen LogP contribution in [0.15, 0.2) is 91.0 Å². The fraction of sp³-hybridized carbons (Fsp3) is 0.333. The van der Waals surface area contributed by atoms with Gasteiger partial charge in [-0.05, 0) is 0 Å². The van der Waals surface area contributed by atoms with E-state index in [1.54, 1.807) is 0 Å². The Kier molecular flexibility index (Phi) is 6.74. The van der Waals surface area contributed by atoms with Crippen molar-refractivity contribution in [2.75, 3.05) is 0 Å². The standard InChI is InChI=1S/C27H31BO2Se/c1-26(2)27(3,4)30-28(29-26)25(22-16-10-6-11-17-22)24(20-21-14-8-5-9-15-21)31-23-18-12-7-13-19-23/h5-19,24-25H,20H2,1-4H3/t24-,25-/m1/s1. The molecule has 3 aromatic carbocycles. The normalized spacial score (nSPS) is 19.2. The maximum absolute atomic E-state index is 6.62. The summed E-state index contributed by atoms with van der Waals surface area (Å²) in [6.07, 6.45) is 0.999. The van der Waals surface area contributed by atoms with Gasteiger partial charge < -0.3 is 0 Å². The van der Waals surface area contributed by atoms with Gasteiger partial charge in [0.05, 0.1) is 0 Å². The molecule has 0 saturated carbocycles. The van der Waals surface area contributed by atoms with Crippen LogP contribution in [0.1, 0.15) is 44.6 Å². The number of rotatable bonds is 7. The van der Waals surface area contributed by atoms with E-state index >= 15 is 0 Å². The Bertz CT molecular complexity index is 903. The predicted molar refractivity (Wildman–Crippen MR) is 131 cm³/mol. The van der Waals surface area contributed by atoms with E-state index in [4.69, 9.17) is 9.31 Å². The average molecular weight is 477 g/mol. The first-order chi connectivity index (χ1) is 14.9. The zero-order valence-corrected chi connectivity index (χ0v) is 20.5. The van der Waals surface area contributed by atoms with E-state index in [0.717, 1.165) is 6.42 Å². The van der Waals surface area contributed by atoms with Crippen LogP contribution in [0.25, 0.3) is 0 Å². The molecule has 1 saturated heterocycles. The van der Waals surface area contributed by atoms with E-state index in [-0.39, 0.29) is 39.1 Å². The SMILES string of the molecule is CC1(C)OB([C@H](c2ccccc2)[C@@H](Cc2ccccc2)[Se]c2ccccc2)OC1(C)C. The van der Waals surface area contributed by atoms with Crippen molar-refractivity contribution in [3.8, 4) is 0 Å². The number of hydrogen-bond donors (Lipinski definition) is 0. The van der Waals surface area contributed by atoms with E-state index < -0.39 is 0 Å². The van der Waals surface area contributed by atoms with E-state index in [2.05, 4.69) is 119 Å². The zero-order valence-electron chi connectivity index (χ0n) is 18.8. The molecule has 0 amide bonds. The summed E-state index contributed by atoms with van der Waals surface area (Å²) in [6, 6.07) is 32.5. The van der Waals surface area contributed by atoms with Crippen LogP contribution >= 0.6 is 0 Å². The summed E-state index contributed by atoms with van der Waals surface area (Å²) in [6.45, 7) is 8.57. The molecule has 2 nitrogen and oxygen atoms in total. The van der Waals surface area contributed by atoms with Gasteiger partial charge in [-0.15, -0.1) is 0 Å². The van der Waals surface area contributed by atoms with Crippen molar-refractivity contribution >= 4 is 26.5 Å². The molecule has 1 aliphatic rings. The second kappa shape index (κ2) is 9.34. The van der Waals surface area contributed by atoms with Gasteiger partial charge in [0, 0.05) is 0 Å². The molecule has 2 atom stereocenters. The van der Waals surface area contributed by atoms with E-state index in [1.165, 1.54) is 15.6 Å². The van der Waals surface area contributed by atoms with Crippen LogP contribution in [-0.4, -0.2) is 33.3 Å². The molecule has 0 N–H and O–H groups in total. The summed E-state index contributed by atoms with van der Waals surface area (Å²) in [7, 11) is -0.272. The van der Waals surface area contributed by atoms with Crippen molar-refractivity contribution in [1.29, 1.82) is 0 Å². The van der Waals surface area contributed by atoms with Gasteiger partial charge in [-0.2, -0.15) is 0 Å². The molecular formula is C27H31BO2Se. The number of hydrogen-bond acceptors (Lipinski definition) is 2. The van der Waals surface area contributed by atoms with Crippen LogP contribution in [0.3, 0.4) is 0 Å². The Morgan fingerprint density at radius 2 is 1.19 bits per heavy atom. The Hall–Kier alpha value is -1.84. The maximum atomic E-state index is 6.62. The average Bonchev–Trinajstić information content (AvgIpc) is 2.97. The van der Waals surface area contributed by atoms with Gasteiger partial charge in [0.2, 0.25) is 0 Å². The zero-order chi connectivity index (χ0) is 21.9. The van der Waals surface area contributed by atoms with Gasteiger partial charge in [-0.3, -0.25) is 0 Å². The summed E-state index contributed by atoms with van der Waals surface area (Å²) >= 11 is 0.265. The molecule has 0 bridgehead atoms. The molecule has 0 aliphatic carbocycles. The Morgan fingerprint density at radius 1 is 0.710 bits per heavy atom. The Labute approximate surface area is 193 Å². The minimum atomic E-state index is -0.345. The fourth-order valence-electron chi connectivity index (χ4n) is 4.02. The topological polar surface area (TPSA) is 18.5 Å². The molecule has 160 valence electrons. The van der Waals surface area contributed by atoms with Gasteiger partial charge in [-0.1, -0.05) is 0 Å². The Morgan fingerprint density at radius 3 is 1.74 bits per heavy atom. The quantitative estimate of drug-likeness (QED) is 0.421. The van der Waals surface area contributed by atoms with E-state index in [1.807, 2.05) is 0 Å². The van der Waals surface area contributed by atoms with Crippen LogP contribution in [0.5, 0.6) is 0 Å². The third-order valence-electron chi connectivity index (χ3n) is 6.46. The van der Waals surface area contributed by atoms with Crippen molar-refractivity contribution in [2.45, 2.75) is 56.0 Å². The van der Waals surface area contributed by atoms with E-state index in [0.29, 0.717) is 4.82 Å². The van der Waals surface area contributed by atoms with Gasteiger partial charge in [-0.25, -0.2) is 0 Å². The first-order valence-corrected chi connectivity index (χ1v) is 12.9. The molecule has 0 spiro atoms. The van der Waals surface area contributed by atoms with Crippen LogP contribution in [0, 0.1) is 0 Å². The number of benzene rings is 3. The van der Waals surface area contributed by atoms with Crippen LogP contribution < -0.4 is 4.46 Å². The third kappa shape index (κ3) is 5.15. The summed E-state index contributed by atoms with van der Waals surface area (Å²) in [5.74, 6) is 0.155. The molecule has 4 rings (SSSR count). The van der Waals surface area contributed by atoms with Gasteiger partial charge in [0.15, 0.2) is 0 Å². The van der Waals surface area contributed by atoms with Gasteiger partial charge >= 0.3 is 194 Å². The summed E-state index contributed by atoms with van der Waals surface area (Å²) in [5.41, 5.74) is 1.96. The van der Waals surface area contributed by atoms with Crippen molar-refractivity contribution in [3.63, 3.8) is 0 Å². The van der Waals surface area contributed by atoms with Crippen LogP contribution in [0.2, 0.25) is 4.82 Å². The molecule has 0 radical (unpaired) electrons. The molecule has 1 fully saturated rings. The van der Waals surface area contributed by atoms with Gasteiger partial charge in [0.1, 0.15) is 0 Å². The molecule has 1 aliphatic heterocycles. The van der Waals surface area contributed by atoms with Crippen LogP contribution in [-0.2, 0) is 15.7 Å². The van der Waals surface area contributed by atoms with E-state index in [9.17, 15) is 0 Å². The molecule has 3 aromatic rings. The monoisotopic (exact) mass is 478 g/mol. The molecular weight excluding hydrogens is 446 g/mol. The minimum absolute atomic E-state index is 0.155. The van der Waals surface area contributed by atoms with Crippen molar-refractivity contribution in [2.24, 2.45) is 0 Å². The van der Waals surface area contributed by atoms with Gasteiger partial charge in [0.25, 0.3) is 0 Å².